The van der Waals surface area contributed by atoms with Gasteiger partial charge in [-0.3, -0.25) is 0 Å². The molecule has 0 amide bonds. The highest BCUT2D eigenvalue weighted by Gasteiger charge is 2.36. The number of furan rings is 4. The van der Waals surface area contributed by atoms with Gasteiger partial charge >= 0.3 is 0 Å². The van der Waals surface area contributed by atoms with Crippen molar-refractivity contribution in [3.63, 3.8) is 0 Å². The first-order valence-electron chi connectivity index (χ1n) is 44.2. The topological polar surface area (TPSA) is 59.0 Å². The van der Waals surface area contributed by atoms with Crippen molar-refractivity contribution in [1.29, 1.82) is 0 Å². The highest BCUT2D eigenvalue weighted by molar-refractivity contribution is 6.12. The molecular weight excluding hydrogens is 1570 g/mol. The van der Waals surface area contributed by atoms with Crippen LogP contribution in [0.25, 0.3) is 210 Å². The lowest BCUT2D eigenvalue weighted by molar-refractivity contribution is 0.660. The monoisotopic (exact) mass is 1650 g/mol. The molecule has 0 unspecified atom stereocenters. The van der Waals surface area contributed by atoms with E-state index in [2.05, 4.69) is 448 Å². The average molecular weight is 1650 g/mol. The highest BCUT2D eigenvalue weighted by atomic mass is 16.3. The summed E-state index contributed by atoms with van der Waals surface area (Å²) < 4.78 is 26.5. The molecule has 20 aromatic carbocycles. The Labute approximate surface area is 746 Å². The molecule has 0 N–H and O–H groups in total. The largest absolute Gasteiger partial charge is 0.456 e. The number of rotatable bonds is 16. The van der Waals surface area contributed by atoms with E-state index < -0.39 is 0 Å². The fourth-order valence-electron chi connectivity index (χ4n) is 20.0. The second kappa shape index (κ2) is 30.3. The maximum Gasteiger partial charge on any atom is 0.136 e. The maximum atomic E-state index is 6.86. The van der Waals surface area contributed by atoms with Crippen molar-refractivity contribution >= 4 is 122 Å². The summed E-state index contributed by atoms with van der Waals surface area (Å²) in [6.45, 7) is 4.71. The molecule has 6 heteroatoms. The molecule has 6 nitrogen and oxygen atoms in total. The number of nitrogens with zero attached hydrogens (tertiary/aromatic N) is 2. The van der Waals surface area contributed by atoms with E-state index in [4.69, 9.17) is 17.7 Å². The summed E-state index contributed by atoms with van der Waals surface area (Å²) in [5.41, 5.74) is 40.6. The Morgan fingerprint density at radius 2 is 0.388 bits per heavy atom. The molecule has 129 heavy (non-hydrogen) atoms. The Bertz CT molecular complexity index is 8450. The SMILES string of the molecule is CC1(C)c2ccccc2-c2ccc(N(c3ccc(-c4ccccc4)cc3)c3ccc(-c4cc(-c5ccc6oc7ccccc7c6c5)cc(-c5ccc6oc7cc(-c8ccc9c(c8)oc8ccc(-c%10cc(-c%11ccc(N(c%12ccc(-c%13ccccc%13)cc%12)c%12ccc(-c%13ccccc%13)cc%12)cc%11)cc(-c%11ccc%12oc%13ccccc%13c%12c%11)c%10)cc89)ccc7c6c5)c4)cc3)cc21. The molecule has 4 heterocycles. The van der Waals surface area contributed by atoms with Crippen molar-refractivity contribution in [1.82, 2.24) is 0 Å². The van der Waals surface area contributed by atoms with E-state index in [1.54, 1.807) is 0 Å². The van der Waals surface area contributed by atoms with Crippen molar-refractivity contribution < 1.29 is 17.7 Å². The Kier molecular flexibility index (Phi) is 17.6. The molecule has 0 saturated carbocycles. The van der Waals surface area contributed by atoms with E-state index in [9.17, 15) is 0 Å². The van der Waals surface area contributed by atoms with Crippen molar-refractivity contribution in [2.75, 3.05) is 9.80 Å². The first-order chi connectivity index (χ1) is 63.6. The van der Waals surface area contributed by atoms with Crippen LogP contribution in [0.2, 0.25) is 0 Å². The molecular formula is C123H80N2O4. The predicted octanol–water partition coefficient (Wildman–Crippen LogP) is 35.2. The third kappa shape index (κ3) is 13.2. The molecule has 0 saturated heterocycles. The van der Waals surface area contributed by atoms with Gasteiger partial charge in [0, 0.05) is 82.6 Å². The van der Waals surface area contributed by atoms with Crippen LogP contribution in [-0.2, 0) is 5.41 Å². The van der Waals surface area contributed by atoms with Crippen LogP contribution in [0.3, 0.4) is 0 Å². The molecule has 24 aromatic rings. The maximum absolute atomic E-state index is 6.86. The third-order valence-electron chi connectivity index (χ3n) is 26.7. The average Bonchev–Trinajstić information content (AvgIpc) is 1.57. The summed E-state index contributed by atoms with van der Waals surface area (Å²) in [5, 5.41) is 8.53. The summed E-state index contributed by atoms with van der Waals surface area (Å²) in [7, 11) is 0. The number of para-hydroxylation sites is 2. The minimum Gasteiger partial charge on any atom is -0.456 e. The first-order valence-corrected chi connectivity index (χ1v) is 44.2. The van der Waals surface area contributed by atoms with Crippen molar-refractivity contribution in [3.8, 4) is 122 Å². The zero-order chi connectivity index (χ0) is 85.4. The molecule has 0 fully saturated rings. The van der Waals surface area contributed by atoms with Crippen molar-refractivity contribution in [3.05, 3.63) is 460 Å². The molecule has 0 bridgehead atoms. The van der Waals surface area contributed by atoms with Crippen LogP contribution in [0.4, 0.5) is 34.1 Å². The van der Waals surface area contributed by atoms with Gasteiger partial charge in [0.2, 0.25) is 0 Å². The second-order valence-electron chi connectivity index (χ2n) is 34.7. The van der Waals surface area contributed by atoms with E-state index in [-0.39, 0.29) is 5.41 Å². The van der Waals surface area contributed by atoms with Gasteiger partial charge in [0.15, 0.2) is 0 Å². The summed E-state index contributed by atoms with van der Waals surface area (Å²) in [4.78, 5) is 4.75. The van der Waals surface area contributed by atoms with Gasteiger partial charge in [0.1, 0.15) is 44.7 Å². The predicted molar refractivity (Wildman–Crippen MR) is 537 cm³/mol. The van der Waals surface area contributed by atoms with Gasteiger partial charge in [-0.05, 0) is 328 Å². The minimum atomic E-state index is -0.168. The Morgan fingerprint density at radius 1 is 0.147 bits per heavy atom. The van der Waals surface area contributed by atoms with Gasteiger partial charge in [0.05, 0.1) is 0 Å². The molecule has 1 aliphatic carbocycles. The lowest BCUT2D eigenvalue weighted by Gasteiger charge is -2.28. The smallest absolute Gasteiger partial charge is 0.136 e. The van der Waals surface area contributed by atoms with Gasteiger partial charge in [-0.1, -0.05) is 269 Å². The summed E-state index contributed by atoms with van der Waals surface area (Å²) >= 11 is 0. The molecule has 1 aliphatic rings. The molecule has 4 aromatic heterocycles. The van der Waals surface area contributed by atoms with E-state index in [1.807, 2.05) is 24.3 Å². The van der Waals surface area contributed by atoms with Crippen LogP contribution in [0, 0.1) is 0 Å². The lowest BCUT2D eigenvalue weighted by Crippen LogP contribution is -2.16. The van der Waals surface area contributed by atoms with Crippen LogP contribution < -0.4 is 9.80 Å². The number of anilines is 6. The normalized spacial score (nSPS) is 12.3. The number of fused-ring (bicyclic) bond motifs is 15. The summed E-state index contributed by atoms with van der Waals surface area (Å²) in [6, 6.07) is 163. The third-order valence-corrected chi connectivity index (χ3v) is 26.7. The van der Waals surface area contributed by atoms with Gasteiger partial charge in [-0.25, -0.2) is 0 Å². The van der Waals surface area contributed by atoms with Crippen LogP contribution in [0.15, 0.2) is 467 Å². The molecule has 0 atom stereocenters. The minimum absolute atomic E-state index is 0.168. The Hall–Kier alpha value is -16.8. The van der Waals surface area contributed by atoms with Gasteiger partial charge in [-0.15, -0.1) is 0 Å². The lowest BCUT2D eigenvalue weighted by atomic mass is 9.82. The Morgan fingerprint density at radius 3 is 0.752 bits per heavy atom. The molecule has 0 radical (unpaired) electrons. The zero-order valence-electron chi connectivity index (χ0n) is 70.8. The summed E-state index contributed by atoms with van der Waals surface area (Å²) in [6.07, 6.45) is 0. The highest BCUT2D eigenvalue weighted by Crippen LogP contribution is 2.52. The van der Waals surface area contributed by atoms with Gasteiger partial charge < -0.3 is 27.5 Å². The van der Waals surface area contributed by atoms with E-state index in [0.29, 0.717) is 0 Å². The molecule has 25 rings (SSSR count). The van der Waals surface area contributed by atoms with Gasteiger partial charge in [-0.2, -0.15) is 0 Å². The number of hydrogen-bond acceptors (Lipinski definition) is 6. The second-order valence-corrected chi connectivity index (χ2v) is 34.7. The van der Waals surface area contributed by atoms with Crippen molar-refractivity contribution in [2.45, 2.75) is 19.3 Å². The standard InChI is InChI=1S/C123H80N2O4/c1-123(2)113-27-15-12-24-103(113)104-59-56-102(76-114(104)123)125(100-50-34-82(35-51-100)79-22-10-5-11-23-79)101-54-38-84(39-55-101)92-65-94(86-43-61-118-110(71-86)106-26-14-17-29-116(106)127-118)69-96(67-92)88-45-63-120-112(73-88)108-58-41-90(75-122(108)129-120)89-40-57-107-111-72-87(44-62-119(111)128-121(107)74-89)95-66-91(64-93(68-95)85-42-60-117-109(70-85)105-25-13-16-28-115(105)126-117)83-36-52-99(53-37-83)124(97-46-30-80(31-47-97)77-18-6-3-7-19-77)98-48-32-81(33-49-98)78-20-8-4-9-21-78/h3-76H,1-2H3. The number of benzene rings is 20. The summed E-state index contributed by atoms with van der Waals surface area (Å²) in [5.74, 6) is 0. The van der Waals surface area contributed by atoms with Crippen molar-refractivity contribution in [2.24, 2.45) is 0 Å². The molecule has 0 spiro atoms. The molecule has 0 aliphatic heterocycles. The van der Waals surface area contributed by atoms with E-state index in [0.717, 1.165) is 200 Å². The van der Waals surface area contributed by atoms with Crippen LogP contribution >= 0.6 is 0 Å². The fourth-order valence-corrected chi connectivity index (χ4v) is 20.0. The van der Waals surface area contributed by atoms with Crippen LogP contribution in [0.5, 0.6) is 0 Å². The van der Waals surface area contributed by atoms with Gasteiger partial charge in [0.25, 0.3) is 0 Å². The quantitative estimate of drug-likeness (QED) is 0.0961. The Balaban J connectivity index is 0.545. The molecule has 606 valence electrons. The fraction of sp³-hybridized carbons (Fsp3) is 0.0244. The van der Waals surface area contributed by atoms with Crippen LogP contribution in [-0.4, -0.2) is 0 Å². The first kappa shape index (κ1) is 74.8. The zero-order valence-corrected chi connectivity index (χ0v) is 70.8. The van der Waals surface area contributed by atoms with E-state index >= 15 is 0 Å². The van der Waals surface area contributed by atoms with Crippen LogP contribution in [0.1, 0.15) is 25.0 Å². The van der Waals surface area contributed by atoms with E-state index in [1.165, 1.54) is 55.6 Å². The number of hydrogen-bond donors (Lipinski definition) is 0.